The van der Waals surface area contributed by atoms with Crippen LogP contribution in [0.2, 0.25) is 0 Å². The average molecular weight is 193 g/mol. The molecule has 1 rings (SSSR count). The van der Waals surface area contributed by atoms with Crippen molar-refractivity contribution < 1.29 is 9.90 Å². The van der Waals surface area contributed by atoms with E-state index in [4.69, 9.17) is 5.73 Å². The van der Waals surface area contributed by atoms with Crippen LogP contribution in [-0.2, 0) is 16.8 Å². The second-order valence-electron chi connectivity index (χ2n) is 3.90. The minimum Gasteiger partial charge on any atom is -0.386 e. The lowest BCUT2D eigenvalue weighted by molar-refractivity contribution is -0.117. The Bertz CT molecular complexity index is 322. The van der Waals surface area contributed by atoms with E-state index in [0.29, 0.717) is 0 Å². The molecular weight excluding hydrogens is 178 g/mol. The van der Waals surface area contributed by atoms with E-state index in [1.807, 2.05) is 0 Å². The number of aliphatic hydroxyl groups is 1. The van der Waals surface area contributed by atoms with Crippen LogP contribution in [0.25, 0.3) is 0 Å². The summed E-state index contributed by atoms with van der Waals surface area (Å²) in [6.45, 7) is 3.44. The van der Waals surface area contributed by atoms with Crippen molar-refractivity contribution in [2.75, 3.05) is 0 Å². The van der Waals surface area contributed by atoms with Gasteiger partial charge in [-0.15, -0.1) is 0 Å². The fourth-order valence-corrected chi connectivity index (χ4v) is 1.23. The van der Waals surface area contributed by atoms with E-state index in [0.717, 1.165) is 11.1 Å². The molecule has 0 atom stereocenters. The van der Waals surface area contributed by atoms with E-state index in [2.05, 4.69) is 0 Å². The first-order chi connectivity index (χ1) is 6.39. The molecule has 3 heteroatoms. The van der Waals surface area contributed by atoms with Gasteiger partial charge >= 0.3 is 0 Å². The van der Waals surface area contributed by atoms with Gasteiger partial charge in [-0.3, -0.25) is 4.79 Å². The molecule has 0 aliphatic heterocycles. The minimum atomic E-state index is -0.842. The molecule has 1 aromatic carbocycles. The van der Waals surface area contributed by atoms with Crippen molar-refractivity contribution in [2.24, 2.45) is 5.73 Å². The van der Waals surface area contributed by atoms with Gasteiger partial charge in [0.25, 0.3) is 0 Å². The van der Waals surface area contributed by atoms with E-state index in [1.54, 1.807) is 38.1 Å². The summed E-state index contributed by atoms with van der Waals surface area (Å²) in [6.07, 6.45) is 0.242. The Balaban J connectivity index is 2.84. The van der Waals surface area contributed by atoms with Crippen LogP contribution in [0.4, 0.5) is 0 Å². The van der Waals surface area contributed by atoms with E-state index >= 15 is 0 Å². The minimum absolute atomic E-state index is 0.242. The van der Waals surface area contributed by atoms with Gasteiger partial charge in [0, 0.05) is 0 Å². The monoisotopic (exact) mass is 193 g/mol. The number of carbonyl (C=O) groups is 1. The maximum absolute atomic E-state index is 10.6. The third-order valence-corrected chi connectivity index (χ3v) is 2.04. The Morgan fingerprint density at radius 3 is 2.21 bits per heavy atom. The highest BCUT2D eigenvalue weighted by atomic mass is 16.3. The first kappa shape index (κ1) is 10.7. The first-order valence-electron chi connectivity index (χ1n) is 4.49. The Morgan fingerprint density at radius 1 is 1.36 bits per heavy atom. The van der Waals surface area contributed by atoms with Crippen LogP contribution in [0.1, 0.15) is 25.0 Å². The zero-order chi connectivity index (χ0) is 10.8. The standard InChI is InChI=1S/C11H15NO2/c1-11(2,14)9-5-3-8(4-6-9)7-10(12)13/h3-6,14H,7H2,1-2H3,(H2,12,13). The van der Waals surface area contributed by atoms with Gasteiger partial charge in [0.1, 0.15) is 0 Å². The lowest BCUT2D eigenvalue weighted by Gasteiger charge is -2.17. The van der Waals surface area contributed by atoms with Gasteiger partial charge in [0.15, 0.2) is 0 Å². The van der Waals surface area contributed by atoms with E-state index in [9.17, 15) is 9.90 Å². The summed E-state index contributed by atoms with van der Waals surface area (Å²) in [7, 11) is 0. The molecule has 0 saturated heterocycles. The molecule has 0 bridgehead atoms. The Labute approximate surface area is 83.6 Å². The molecule has 0 aliphatic rings. The molecule has 3 nitrogen and oxygen atoms in total. The normalized spacial score (nSPS) is 11.4. The molecular formula is C11H15NO2. The predicted octanol–water partition coefficient (Wildman–Crippen LogP) is 0.942. The number of hydrogen-bond donors (Lipinski definition) is 2. The summed E-state index contributed by atoms with van der Waals surface area (Å²) < 4.78 is 0. The zero-order valence-electron chi connectivity index (χ0n) is 8.45. The van der Waals surface area contributed by atoms with Crippen molar-refractivity contribution in [3.8, 4) is 0 Å². The number of primary amides is 1. The number of amides is 1. The van der Waals surface area contributed by atoms with Gasteiger partial charge < -0.3 is 10.8 Å². The van der Waals surface area contributed by atoms with Gasteiger partial charge in [-0.1, -0.05) is 24.3 Å². The maximum Gasteiger partial charge on any atom is 0.221 e. The summed E-state index contributed by atoms with van der Waals surface area (Å²) >= 11 is 0. The summed E-state index contributed by atoms with van der Waals surface area (Å²) in [5, 5.41) is 9.67. The number of benzene rings is 1. The van der Waals surface area contributed by atoms with Crippen LogP contribution in [0.3, 0.4) is 0 Å². The SMILES string of the molecule is CC(C)(O)c1ccc(CC(N)=O)cc1. The fraction of sp³-hybridized carbons (Fsp3) is 0.364. The molecule has 1 aromatic rings. The molecule has 76 valence electrons. The molecule has 0 saturated carbocycles. The Kier molecular flexibility index (Phi) is 2.91. The van der Waals surface area contributed by atoms with Crippen molar-refractivity contribution in [3.63, 3.8) is 0 Å². The van der Waals surface area contributed by atoms with Gasteiger partial charge in [-0.2, -0.15) is 0 Å². The number of rotatable bonds is 3. The quantitative estimate of drug-likeness (QED) is 0.750. The Hall–Kier alpha value is -1.35. The van der Waals surface area contributed by atoms with E-state index < -0.39 is 5.60 Å². The molecule has 0 aromatic heterocycles. The Morgan fingerprint density at radius 2 is 1.86 bits per heavy atom. The van der Waals surface area contributed by atoms with Gasteiger partial charge in [0.05, 0.1) is 12.0 Å². The van der Waals surface area contributed by atoms with Crippen molar-refractivity contribution in [3.05, 3.63) is 35.4 Å². The van der Waals surface area contributed by atoms with Gasteiger partial charge in [0.2, 0.25) is 5.91 Å². The van der Waals surface area contributed by atoms with Crippen LogP contribution >= 0.6 is 0 Å². The third kappa shape index (κ3) is 2.85. The molecule has 0 unspecified atom stereocenters. The van der Waals surface area contributed by atoms with Crippen LogP contribution in [0.5, 0.6) is 0 Å². The zero-order valence-corrected chi connectivity index (χ0v) is 8.45. The molecule has 0 radical (unpaired) electrons. The lowest BCUT2D eigenvalue weighted by Crippen LogP contribution is -2.16. The molecule has 1 amide bonds. The van der Waals surface area contributed by atoms with Crippen molar-refractivity contribution in [2.45, 2.75) is 25.9 Å². The first-order valence-corrected chi connectivity index (χ1v) is 4.49. The highest BCUT2D eigenvalue weighted by Gasteiger charge is 2.15. The molecule has 0 aliphatic carbocycles. The largest absolute Gasteiger partial charge is 0.386 e. The van der Waals surface area contributed by atoms with E-state index in [1.165, 1.54) is 0 Å². The second kappa shape index (κ2) is 3.80. The molecule has 3 N–H and O–H groups in total. The van der Waals surface area contributed by atoms with Crippen molar-refractivity contribution in [1.29, 1.82) is 0 Å². The van der Waals surface area contributed by atoms with E-state index in [-0.39, 0.29) is 12.3 Å². The van der Waals surface area contributed by atoms with Gasteiger partial charge in [-0.05, 0) is 25.0 Å². The van der Waals surface area contributed by atoms with Crippen LogP contribution in [-0.4, -0.2) is 11.0 Å². The number of nitrogens with two attached hydrogens (primary N) is 1. The van der Waals surface area contributed by atoms with Crippen LogP contribution in [0.15, 0.2) is 24.3 Å². The molecule has 0 fully saturated rings. The van der Waals surface area contributed by atoms with Crippen molar-refractivity contribution >= 4 is 5.91 Å². The second-order valence-corrected chi connectivity index (χ2v) is 3.90. The lowest BCUT2D eigenvalue weighted by atomic mass is 9.97. The molecule has 14 heavy (non-hydrogen) atoms. The predicted molar refractivity (Wildman–Crippen MR) is 54.6 cm³/mol. The maximum atomic E-state index is 10.6. The highest BCUT2D eigenvalue weighted by molar-refractivity contribution is 5.76. The summed E-state index contributed by atoms with van der Waals surface area (Å²) in [5.74, 6) is -0.346. The fourth-order valence-electron chi connectivity index (χ4n) is 1.23. The topological polar surface area (TPSA) is 63.3 Å². The number of hydrogen-bond acceptors (Lipinski definition) is 2. The van der Waals surface area contributed by atoms with Crippen molar-refractivity contribution in [1.82, 2.24) is 0 Å². The third-order valence-electron chi connectivity index (χ3n) is 2.04. The molecule has 0 spiro atoms. The average Bonchev–Trinajstić information content (AvgIpc) is 2.02. The van der Waals surface area contributed by atoms with Gasteiger partial charge in [-0.25, -0.2) is 0 Å². The highest BCUT2D eigenvalue weighted by Crippen LogP contribution is 2.19. The summed E-state index contributed by atoms with van der Waals surface area (Å²) in [4.78, 5) is 10.6. The summed E-state index contributed by atoms with van der Waals surface area (Å²) in [6, 6.07) is 7.21. The van der Waals surface area contributed by atoms with Crippen LogP contribution in [0, 0.1) is 0 Å². The van der Waals surface area contributed by atoms with Crippen LogP contribution < -0.4 is 5.73 Å². The smallest absolute Gasteiger partial charge is 0.221 e. The number of carbonyl (C=O) groups excluding carboxylic acids is 1. The molecule has 0 heterocycles. The summed E-state index contributed by atoms with van der Waals surface area (Å²) in [5.41, 5.74) is 5.91.